The summed E-state index contributed by atoms with van der Waals surface area (Å²) in [4.78, 5) is 0. The zero-order chi connectivity index (χ0) is 14.0. The van der Waals surface area contributed by atoms with E-state index in [1.807, 2.05) is 17.8 Å². The smallest absolute Gasteiger partial charge is 0.0677 e. The standard InChI is InChI=1S/C16H23N3/c1-11(2)15-7-8-19(18-15)16-10-14(9-13(4)17)6-5-12(16)3/h5-8,10-11,13H,9,17H2,1-4H3. The summed E-state index contributed by atoms with van der Waals surface area (Å²) >= 11 is 0. The number of benzene rings is 1. The maximum atomic E-state index is 5.87. The van der Waals surface area contributed by atoms with Gasteiger partial charge in [-0.25, -0.2) is 4.68 Å². The Balaban J connectivity index is 2.36. The third-order valence-electron chi connectivity index (χ3n) is 3.28. The zero-order valence-corrected chi connectivity index (χ0v) is 12.2. The van der Waals surface area contributed by atoms with Gasteiger partial charge in [-0.2, -0.15) is 5.10 Å². The zero-order valence-electron chi connectivity index (χ0n) is 12.2. The van der Waals surface area contributed by atoms with E-state index in [2.05, 4.69) is 50.1 Å². The first kappa shape index (κ1) is 13.8. The van der Waals surface area contributed by atoms with Crippen LogP contribution in [0.5, 0.6) is 0 Å². The first-order valence-corrected chi connectivity index (χ1v) is 6.88. The molecule has 0 aliphatic carbocycles. The summed E-state index contributed by atoms with van der Waals surface area (Å²) in [6, 6.07) is 8.75. The molecule has 2 N–H and O–H groups in total. The number of hydrogen-bond donors (Lipinski definition) is 1. The minimum absolute atomic E-state index is 0.180. The third kappa shape index (κ3) is 3.24. The van der Waals surface area contributed by atoms with E-state index >= 15 is 0 Å². The van der Waals surface area contributed by atoms with Gasteiger partial charge in [-0.05, 0) is 49.4 Å². The van der Waals surface area contributed by atoms with E-state index in [0.717, 1.165) is 17.8 Å². The summed E-state index contributed by atoms with van der Waals surface area (Å²) in [6.45, 7) is 8.46. The lowest BCUT2D eigenvalue weighted by Gasteiger charge is -2.11. The van der Waals surface area contributed by atoms with Gasteiger partial charge in [0.2, 0.25) is 0 Å². The van der Waals surface area contributed by atoms with Crippen molar-refractivity contribution in [2.75, 3.05) is 0 Å². The molecule has 3 nitrogen and oxygen atoms in total. The van der Waals surface area contributed by atoms with E-state index in [4.69, 9.17) is 5.73 Å². The fourth-order valence-electron chi connectivity index (χ4n) is 2.18. The lowest BCUT2D eigenvalue weighted by molar-refractivity contribution is 0.734. The van der Waals surface area contributed by atoms with Gasteiger partial charge in [0.25, 0.3) is 0 Å². The highest BCUT2D eigenvalue weighted by Gasteiger charge is 2.08. The summed E-state index contributed by atoms with van der Waals surface area (Å²) in [5, 5.41) is 4.65. The van der Waals surface area contributed by atoms with Gasteiger partial charge >= 0.3 is 0 Å². The molecule has 0 fully saturated rings. The molecule has 1 aromatic carbocycles. The van der Waals surface area contributed by atoms with Crippen LogP contribution in [0.1, 0.15) is 43.5 Å². The van der Waals surface area contributed by atoms with E-state index in [-0.39, 0.29) is 6.04 Å². The Kier molecular flexibility index (Phi) is 4.05. The Labute approximate surface area is 115 Å². The topological polar surface area (TPSA) is 43.8 Å². The maximum Gasteiger partial charge on any atom is 0.0677 e. The van der Waals surface area contributed by atoms with Gasteiger partial charge in [-0.1, -0.05) is 26.0 Å². The Morgan fingerprint density at radius 3 is 2.53 bits per heavy atom. The molecule has 0 aliphatic heterocycles. The summed E-state index contributed by atoms with van der Waals surface area (Å²) in [6.07, 6.45) is 2.93. The van der Waals surface area contributed by atoms with Gasteiger partial charge in [-0.3, -0.25) is 0 Å². The Bertz CT molecular complexity index is 553. The number of hydrogen-bond acceptors (Lipinski definition) is 2. The summed E-state index contributed by atoms with van der Waals surface area (Å²) in [5.74, 6) is 0.453. The molecule has 2 aromatic rings. The molecule has 0 spiro atoms. The van der Waals surface area contributed by atoms with Crippen LogP contribution in [0, 0.1) is 6.92 Å². The number of aromatic nitrogens is 2. The molecule has 0 saturated carbocycles. The highest BCUT2D eigenvalue weighted by atomic mass is 15.3. The molecule has 1 aromatic heterocycles. The van der Waals surface area contributed by atoms with Gasteiger partial charge in [0.1, 0.15) is 0 Å². The minimum Gasteiger partial charge on any atom is -0.328 e. The average Bonchev–Trinajstić information content (AvgIpc) is 2.80. The maximum absolute atomic E-state index is 5.87. The molecule has 1 heterocycles. The lowest BCUT2D eigenvalue weighted by atomic mass is 10.0. The highest BCUT2D eigenvalue weighted by molar-refractivity contribution is 5.43. The second-order valence-corrected chi connectivity index (χ2v) is 5.64. The van der Waals surface area contributed by atoms with Crippen molar-refractivity contribution in [1.82, 2.24) is 9.78 Å². The summed E-state index contributed by atoms with van der Waals surface area (Å²) < 4.78 is 1.97. The molecule has 0 amide bonds. The minimum atomic E-state index is 0.180. The van der Waals surface area contributed by atoms with Crippen molar-refractivity contribution in [3.05, 3.63) is 47.3 Å². The predicted octanol–water partition coefficient (Wildman–Crippen LogP) is 3.19. The van der Waals surface area contributed by atoms with Crippen LogP contribution in [0.25, 0.3) is 5.69 Å². The van der Waals surface area contributed by atoms with E-state index in [9.17, 15) is 0 Å². The van der Waals surface area contributed by atoms with Gasteiger partial charge < -0.3 is 5.73 Å². The summed E-state index contributed by atoms with van der Waals surface area (Å²) in [5.41, 5.74) is 10.6. The molecule has 3 heteroatoms. The van der Waals surface area contributed by atoms with E-state index in [1.165, 1.54) is 11.1 Å². The molecular formula is C16H23N3. The fourth-order valence-corrected chi connectivity index (χ4v) is 2.18. The molecule has 1 atom stereocenters. The number of aryl methyl sites for hydroxylation is 1. The lowest BCUT2D eigenvalue weighted by Crippen LogP contribution is -2.18. The van der Waals surface area contributed by atoms with Crippen molar-refractivity contribution in [3.8, 4) is 5.69 Å². The molecule has 2 rings (SSSR count). The number of nitrogens with two attached hydrogens (primary N) is 1. The van der Waals surface area contributed by atoms with Crippen molar-refractivity contribution >= 4 is 0 Å². The average molecular weight is 257 g/mol. The molecule has 0 bridgehead atoms. The molecule has 0 saturated heterocycles. The Morgan fingerprint density at radius 1 is 1.21 bits per heavy atom. The fraction of sp³-hybridized carbons (Fsp3) is 0.438. The van der Waals surface area contributed by atoms with Crippen LogP contribution < -0.4 is 5.73 Å². The van der Waals surface area contributed by atoms with Gasteiger partial charge in [0.05, 0.1) is 11.4 Å². The van der Waals surface area contributed by atoms with Gasteiger partial charge in [-0.15, -0.1) is 0 Å². The second kappa shape index (κ2) is 5.57. The summed E-state index contributed by atoms with van der Waals surface area (Å²) in [7, 11) is 0. The third-order valence-corrected chi connectivity index (χ3v) is 3.28. The first-order valence-electron chi connectivity index (χ1n) is 6.88. The van der Waals surface area contributed by atoms with Gasteiger partial charge in [0.15, 0.2) is 0 Å². The second-order valence-electron chi connectivity index (χ2n) is 5.64. The Morgan fingerprint density at radius 2 is 1.95 bits per heavy atom. The van der Waals surface area contributed by atoms with Crippen LogP contribution in [0.15, 0.2) is 30.5 Å². The first-order chi connectivity index (χ1) is 8.97. The quantitative estimate of drug-likeness (QED) is 0.914. The van der Waals surface area contributed by atoms with Crippen molar-refractivity contribution < 1.29 is 0 Å². The van der Waals surface area contributed by atoms with Crippen LogP contribution in [-0.2, 0) is 6.42 Å². The van der Waals surface area contributed by atoms with Crippen molar-refractivity contribution in [2.24, 2.45) is 5.73 Å². The Hall–Kier alpha value is -1.61. The van der Waals surface area contributed by atoms with Crippen LogP contribution in [0.2, 0.25) is 0 Å². The van der Waals surface area contributed by atoms with E-state index < -0.39 is 0 Å². The van der Waals surface area contributed by atoms with Crippen LogP contribution >= 0.6 is 0 Å². The van der Waals surface area contributed by atoms with Gasteiger partial charge in [0, 0.05) is 12.2 Å². The molecule has 0 aliphatic rings. The number of rotatable bonds is 4. The predicted molar refractivity (Wildman–Crippen MR) is 79.7 cm³/mol. The molecular weight excluding hydrogens is 234 g/mol. The molecule has 1 unspecified atom stereocenters. The van der Waals surface area contributed by atoms with E-state index in [1.54, 1.807) is 0 Å². The number of nitrogens with zero attached hydrogens (tertiary/aromatic N) is 2. The van der Waals surface area contributed by atoms with E-state index in [0.29, 0.717) is 5.92 Å². The highest BCUT2D eigenvalue weighted by Crippen LogP contribution is 2.19. The normalized spacial score (nSPS) is 12.9. The van der Waals surface area contributed by atoms with Crippen LogP contribution in [0.4, 0.5) is 0 Å². The molecule has 102 valence electrons. The largest absolute Gasteiger partial charge is 0.328 e. The van der Waals surface area contributed by atoms with Crippen molar-refractivity contribution in [3.63, 3.8) is 0 Å². The van der Waals surface area contributed by atoms with Crippen molar-refractivity contribution in [2.45, 2.75) is 46.1 Å². The molecule has 19 heavy (non-hydrogen) atoms. The van der Waals surface area contributed by atoms with Crippen molar-refractivity contribution in [1.29, 1.82) is 0 Å². The van der Waals surface area contributed by atoms with Crippen LogP contribution in [-0.4, -0.2) is 15.8 Å². The monoisotopic (exact) mass is 257 g/mol. The SMILES string of the molecule is Cc1ccc(CC(C)N)cc1-n1ccc(C(C)C)n1. The van der Waals surface area contributed by atoms with Crippen LogP contribution in [0.3, 0.4) is 0 Å². The molecule has 0 radical (unpaired) electrons.